The van der Waals surface area contributed by atoms with Gasteiger partial charge in [-0.15, -0.1) is 0 Å². The van der Waals surface area contributed by atoms with E-state index in [2.05, 4.69) is 0 Å². The van der Waals surface area contributed by atoms with E-state index in [4.69, 9.17) is 0 Å². The molecule has 3 heteroatoms. The summed E-state index contributed by atoms with van der Waals surface area (Å²) < 4.78 is 10.3. The van der Waals surface area contributed by atoms with Crippen molar-refractivity contribution in [2.24, 2.45) is 0 Å². The Kier molecular flexibility index (Phi) is 2.73. The average Bonchev–Trinajstić information content (AvgIpc) is 1.38. The summed E-state index contributed by atoms with van der Waals surface area (Å²) in [7, 11) is 0. The molecule has 0 atom stereocenters. The summed E-state index contributed by atoms with van der Waals surface area (Å²) in [5, 5.41) is 0. The van der Waals surface area contributed by atoms with Crippen LogP contribution >= 0.6 is 22.6 Å². The van der Waals surface area contributed by atoms with E-state index < -0.39 is 10.5 Å². The Balaban J connectivity index is 2.85. The van der Waals surface area contributed by atoms with Crippen LogP contribution in [0.2, 0.25) is 0 Å². The molecule has 1 nitrogen and oxygen atoms in total. The molecule has 0 bridgehead atoms. The van der Waals surface area contributed by atoms with Gasteiger partial charge in [0.05, 0.1) is 0 Å². The number of carbonyl (C=O) groups is 1. The maximum Gasteiger partial charge on any atom is 0.223 e. The van der Waals surface area contributed by atoms with Crippen molar-refractivity contribution in [2.75, 3.05) is 6.67 Å². The van der Waals surface area contributed by atoms with E-state index >= 15 is 0 Å². The first-order valence-electron chi connectivity index (χ1n) is 1.01. The van der Waals surface area contributed by atoms with E-state index in [9.17, 15) is 9.18 Å². The van der Waals surface area contributed by atoms with Crippen molar-refractivity contribution in [3.8, 4) is 0 Å². The van der Waals surface area contributed by atoms with Crippen LogP contribution in [0.15, 0.2) is 0 Å². The molecular formula is C2H2FIO. The third-order valence-electron chi connectivity index (χ3n) is 0.105. The van der Waals surface area contributed by atoms with Crippen LogP contribution in [-0.2, 0) is 4.79 Å². The van der Waals surface area contributed by atoms with E-state index in [-0.39, 0.29) is 0 Å². The third-order valence-corrected chi connectivity index (χ3v) is 0.393. The lowest BCUT2D eigenvalue weighted by molar-refractivity contribution is -0.110. The minimum absolute atomic E-state index is 0.442. The molecule has 0 radical (unpaired) electrons. The summed E-state index contributed by atoms with van der Waals surface area (Å²) >= 11 is 1.39. The van der Waals surface area contributed by atoms with Gasteiger partial charge in [0.25, 0.3) is 0 Å². The van der Waals surface area contributed by atoms with Crippen LogP contribution in [0.3, 0.4) is 0 Å². The van der Waals surface area contributed by atoms with Crippen molar-refractivity contribution in [3.05, 3.63) is 0 Å². The highest BCUT2D eigenvalue weighted by atomic mass is 127. The van der Waals surface area contributed by atoms with Crippen molar-refractivity contribution in [2.45, 2.75) is 0 Å². The predicted molar refractivity (Wildman–Crippen MR) is 25.0 cm³/mol. The van der Waals surface area contributed by atoms with Crippen molar-refractivity contribution in [3.63, 3.8) is 0 Å². The lowest BCUT2D eigenvalue weighted by atomic mass is 10.9. The molecule has 0 spiro atoms. The fourth-order valence-electron chi connectivity index (χ4n) is 0. The van der Waals surface area contributed by atoms with Gasteiger partial charge in [0.2, 0.25) is 3.79 Å². The Hall–Kier alpha value is 0.330. The summed E-state index contributed by atoms with van der Waals surface area (Å²) in [5.41, 5.74) is 0. The highest BCUT2D eigenvalue weighted by molar-refractivity contribution is 14.1. The molecule has 0 saturated heterocycles. The number of rotatable bonds is 1. The number of carbonyl (C=O) groups excluding carboxylic acids is 1. The minimum Gasteiger partial charge on any atom is -0.285 e. The van der Waals surface area contributed by atoms with E-state index in [1.54, 1.807) is 0 Å². The van der Waals surface area contributed by atoms with Gasteiger partial charge in [-0.3, -0.25) is 4.79 Å². The summed E-state index contributed by atoms with van der Waals surface area (Å²) in [6.07, 6.45) is 0. The molecule has 0 N–H and O–H groups in total. The maximum atomic E-state index is 10.8. The van der Waals surface area contributed by atoms with Gasteiger partial charge in [0, 0.05) is 22.6 Å². The smallest absolute Gasteiger partial charge is 0.223 e. The Morgan fingerprint density at radius 1 is 2.00 bits per heavy atom. The Labute approximate surface area is 42.7 Å². The quantitative estimate of drug-likeness (QED) is 0.440. The number of halogens is 2. The zero-order valence-corrected chi connectivity index (χ0v) is 4.53. The fourth-order valence-corrected chi connectivity index (χ4v) is 0. The molecule has 0 fully saturated rings. The van der Waals surface area contributed by atoms with E-state index in [1.807, 2.05) is 0 Å². The Morgan fingerprint density at radius 3 is 2.20 bits per heavy atom. The zero-order chi connectivity index (χ0) is 4.28. The minimum atomic E-state index is -0.847. The maximum absolute atomic E-state index is 10.8. The number of alkyl halides is 1. The van der Waals surface area contributed by atoms with Gasteiger partial charge in [-0.25, -0.2) is 4.39 Å². The highest BCUT2D eigenvalue weighted by Gasteiger charge is 1.84. The van der Waals surface area contributed by atoms with Gasteiger partial charge in [-0.2, -0.15) is 0 Å². The van der Waals surface area contributed by atoms with Crippen molar-refractivity contribution in [1.29, 1.82) is 0 Å². The predicted octanol–water partition coefficient (Wildman–Crippen LogP) is 0.918. The standard InChI is InChI=1S/C2H2FIO/c3-1-2(4)5/h1H2/i3-1. The molecule has 5 heavy (non-hydrogen) atoms. The largest absolute Gasteiger partial charge is 0.285 e. The molecule has 30 valence electrons. The molecule has 0 amide bonds. The molecule has 0 aliphatic rings. The topological polar surface area (TPSA) is 17.1 Å². The normalized spacial score (nSPS) is 7.60. The monoisotopic (exact) mass is 187 g/mol. The first-order valence-corrected chi connectivity index (χ1v) is 2.09. The van der Waals surface area contributed by atoms with Crippen molar-refractivity contribution < 1.29 is 9.18 Å². The van der Waals surface area contributed by atoms with Crippen LogP contribution in [0, 0.1) is 0 Å². The van der Waals surface area contributed by atoms with Gasteiger partial charge < -0.3 is 0 Å². The first kappa shape index (κ1) is 5.33. The van der Waals surface area contributed by atoms with E-state index in [0.29, 0.717) is 0 Å². The molecule has 0 aromatic rings. The van der Waals surface area contributed by atoms with Gasteiger partial charge in [-0.05, 0) is 0 Å². The highest BCUT2D eigenvalue weighted by Crippen LogP contribution is 1.82. The van der Waals surface area contributed by atoms with Crippen LogP contribution in [0.4, 0.5) is 4.39 Å². The third kappa shape index (κ3) is 4.33. The zero-order valence-electron chi connectivity index (χ0n) is 2.37. The van der Waals surface area contributed by atoms with Crippen LogP contribution in [-0.4, -0.2) is 10.5 Å². The molecule has 0 unspecified atom stereocenters. The molecule has 0 aliphatic heterocycles. The van der Waals surface area contributed by atoms with Crippen LogP contribution in [0.25, 0.3) is 0 Å². The molecule has 0 aromatic carbocycles. The summed E-state index contributed by atoms with van der Waals surface area (Å²) in [6.45, 7) is -0.847. The average molecular weight is 187 g/mol. The van der Waals surface area contributed by atoms with Crippen LogP contribution in [0.1, 0.15) is 0 Å². The lowest BCUT2D eigenvalue weighted by Crippen LogP contribution is -1.81. The van der Waals surface area contributed by atoms with Gasteiger partial charge >= 0.3 is 0 Å². The molecule has 0 saturated carbocycles. The molecule has 0 heterocycles. The summed E-state index contributed by atoms with van der Waals surface area (Å²) in [5.74, 6) is 0. The number of hydrogen-bond donors (Lipinski definition) is 0. The van der Waals surface area contributed by atoms with Gasteiger partial charge in [0.1, 0.15) is 0 Å². The Morgan fingerprint density at radius 2 is 2.20 bits per heavy atom. The fraction of sp³-hybridized carbons (Fsp3) is 0.500. The van der Waals surface area contributed by atoms with Crippen LogP contribution < -0.4 is 0 Å². The SMILES string of the molecule is O=C(I)C[18F]. The first-order chi connectivity index (χ1) is 2.27. The second-order valence-electron chi connectivity index (χ2n) is 0.489. The lowest BCUT2D eigenvalue weighted by Gasteiger charge is -1.65. The van der Waals surface area contributed by atoms with E-state index in [0.717, 1.165) is 0 Å². The number of hydrogen-bond acceptors (Lipinski definition) is 1. The summed E-state index contributed by atoms with van der Waals surface area (Å²) in [6, 6.07) is 0. The second-order valence-corrected chi connectivity index (χ2v) is 1.69. The van der Waals surface area contributed by atoms with E-state index in [1.165, 1.54) is 22.6 Å². The van der Waals surface area contributed by atoms with Gasteiger partial charge in [-0.1, -0.05) is 0 Å². The van der Waals surface area contributed by atoms with Gasteiger partial charge in [0.15, 0.2) is 6.67 Å². The van der Waals surface area contributed by atoms with Crippen molar-refractivity contribution >= 4 is 26.4 Å². The van der Waals surface area contributed by atoms with Crippen LogP contribution in [0.5, 0.6) is 0 Å². The molecular weight excluding hydrogens is 185 g/mol. The molecule has 0 aromatic heterocycles. The second kappa shape index (κ2) is 2.56. The summed E-state index contributed by atoms with van der Waals surface area (Å²) in [4.78, 5) is 9.42. The molecule has 0 rings (SSSR count). The molecule has 0 aliphatic carbocycles. The Bertz CT molecular complexity index is 44.9. The van der Waals surface area contributed by atoms with Crippen molar-refractivity contribution in [1.82, 2.24) is 0 Å².